The van der Waals surface area contributed by atoms with E-state index in [0.29, 0.717) is 37.5 Å². The molecule has 3 atom stereocenters. The van der Waals surface area contributed by atoms with Crippen molar-refractivity contribution < 1.29 is 24.2 Å². The number of ether oxygens (including phenoxy) is 1. The van der Waals surface area contributed by atoms with Crippen molar-refractivity contribution in [2.45, 2.75) is 19.4 Å². The van der Waals surface area contributed by atoms with E-state index in [1.54, 1.807) is 6.92 Å². The number of anilines is 1. The molecule has 0 radical (unpaired) electrons. The number of hydrogen-bond donors (Lipinski definition) is 3. The van der Waals surface area contributed by atoms with Crippen LogP contribution >= 0.6 is 11.6 Å². The van der Waals surface area contributed by atoms with E-state index in [-0.39, 0.29) is 16.6 Å². The lowest BCUT2D eigenvalue weighted by Crippen LogP contribution is -2.52. The van der Waals surface area contributed by atoms with Gasteiger partial charge in [0.1, 0.15) is 12.0 Å². The molecule has 1 aromatic rings. The second-order valence-electron chi connectivity index (χ2n) is 6.74. The Morgan fingerprint density at radius 3 is 2.81 bits per heavy atom. The van der Waals surface area contributed by atoms with Crippen LogP contribution < -0.4 is 15.8 Å². The van der Waals surface area contributed by atoms with Gasteiger partial charge in [0.25, 0.3) is 5.91 Å². The first-order chi connectivity index (χ1) is 12.8. The Kier molecular flexibility index (Phi) is 7.04. The zero-order chi connectivity index (χ0) is 20.1. The number of carbonyl (C=O) groups is 3. The van der Waals surface area contributed by atoms with Crippen LogP contribution in [0.15, 0.2) is 12.1 Å². The van der Waals surface area contributed by atoms with Crippen molar-refractivity contribution in [2.75, 3.05) is 32.5 Å². The van der Waals surface area contributed by atoms with Gasteiger partial charge in [-0.1, -0.05) is 18.5 Å². The highest BCUT2D eigenvalue weighted by molar-refractivity contribution is 6.33. The molecule has 0 aromatic heterocycles. The van der Waals surface area contributed by atoms with E-state index in [4.69, 9.17) is 27.2 Å². The number of nitrogens with one attached hydrogen (secondary N) is 1. The van der Waals surface area contributed by atoms with Gasteiger partial charge in [-0.25, -0.2) is 0 Å². The van der Waals surface area contributed by atoms with Crippen molar-refractivity contribution >= 4 is 35.5 Å². The number of methoxy groups -OCH3 is 1. The molecule has 1 aliphatic rings. The van der Waals surface area contributed by atoms with Gasteiger partial charge in [0.2, 0.25) is 0 Å². The maximum absolute atomic E-state index is 12.7. The van der Waals surface area contributed by atoms with Crippen LogP contribution in [0, 0.1) is 11.8 Å². The summed E-state index contributed by atoms with van der Waals surface area (Å²) in [5, 5.41) is 12.1. The topological polar surface area (TPSA) is 122 Å². The average molecular weight is 398 g/mol. The third-order valence-corrected chi connectivity index (χ3v) is 5.08. The van der Waals surface area contributed by atoms with Gasteiger partial charge in [0, 0.05) is 37.7 Å². The molecule has 148 valence electrons. The molecule has 1 heterocycles. The van der Waals surface area contributed by atoms with Crippen molar-refractivity contribution in [3.05, 3.63) is 22.7 Å². The monoisotopic (exact) mass is 397 g/mol. The van der Waals surface area contributed by atoms with Gasteiger partial charge >= 0.3 is 5.97 Å². The SMILES string of the molecule is COc1cc(N)c(Cl)cc1C(=O)N[C@@H]1CCN(CC(C)C(=O)O)C[C@@H]1C=O. The molecule has 1 saturated heterocycles. The number of carbonyl (C=O) groups excluding carboxylic acids is 2. The number of nitrogens with zero attached hydrogens (tertiary/aromatic N) is 1. The fourth-order valence-electron chi connectivity index (χ4n) is 3.16. The molecule has 0 spiro atoms. The molecule has 0 bridgehead atoms. The summed E-state index contributed by atoms with van der Waals surface area (Å²) in [6, 6.07) is 2.56. The minimum atomic E-state index is -0.875. The smallest absolute Gasteiger partial charge is 0.307 e. The van der Waals surface area contributed by atoms with E-state index in [9.17, 15) is 14.4 Å². The minimum Gasteiger partial charge on any atom is -0.496 e. The average Bonchev–Trinajstić information content (AvgIpc) is 2.64. The van der Waals surface area contributed by atoms with Gasteiger partial charge in [-0.3, -0.25) is 9.59 Å². The van der Waals surface area contributed by atoms with Crippen LogP contribution in [0.5, 0.6) is 5.75 Å². The van der Waals surface area contributed by atoms with Crippen molar-refractivity contribution in [3.8, 4) is 5.75 Å². The maximum Gasteiger partial charge on any atom is 0.307 e. The molecule has 9 heteroatoms. The van der Waals surface area contributed by atoms with Crippen LogP contribution in [-0.2, 0) is 9.59 Å². The Bertz CT molecular complexity index is 727. The Morgan fingerprint density at radius 1 is 1.52 bits per heavy atom. The van der Waals surface area contributed by atoms with Crippen molar-refractivity contribution in [2.24, 2.45) is 11.8 Å². The summed E-state index contributed by atoms with van der Waals surface area (Å²) in [4.78, 5) is 37.1. The first kappa shape index (κ1) is 21.0. The maximum atomic E-state index is 12.7. The lowest BCUT2D eigenvalue weighted by atomic mass is 9.92. The van der Waals surface area contributed by atoms with E-state index < -0.39 is 23.7 Å². The van der Waals surface area contributed by atoms with Crippen LogP contribution in [0.25, 0.3) is 0 Å². The van der Waals surface area contributed by atoms with Crippen LogP contribution in [-0.4, -0.2) is 61.0 Å². The van der Waals surface area contributed by atoms with Crippen molar-refractivity contribution in [1.29, 1.82) is 0 Å². The standard InChI is InChI=1S/C18H24ClN3O5/c1-10(18(25)26)7-22-4-3-15(11(8-22)9-23)21-17(24)12-5-13(19)14(20)6-16(12)27-2/h5-6,9-11,15H,3-4,7-8,20H2,1-2H3,(H,21,24)(H,25,26)/t10?,11-,15-/m1/s1. The number of nitrogen functional groups attached to an aromatic ring is 1. The largest absolute Gasteiger partial charge is 0.496 e. The molecule has 8 nitrogen and oxygen atoms in total. The molecular formula is C18H24ClN3O5. The quantitative estimate of drug-likeness (QED) is 0.467. The molecule has 1 amide bonds. The molecular weight excluding hydrogens is 374 g/mol. The number of aliphatic carboxylic acids is 1. The van der Waals surface area contributed by atoms with Crippen LogP contribution in [0.3, 0.4) is 0 Å². The summed E-state index contributed by atoms with van der Waals surface area (Å²) >= 11 is 6.01. The third kappa shape index (κ3) is 5.11. The summed E-state index contributed by atoms with van der Waals surface area (Å²) < 4.78 is 5.19. The minimum absolute atomic E-state index is 0.239. The second kappa shape index (κ2) is 9.05. The molecule has 1 fully saturated rings. The number of nitrogens with two attached hydrogens (primary N) is 1. The summed E-state index contributed by atoms with van der Waals surface area (Å²) in [6.07, 6.45) is 1.34. The van der Waals surface area contributed by atoms with E-state index in [2.05, 4.69) is 5.32 Å². The number of carboxylic acids is 1. The number of piperidine rings is 1. The van der Waals surface area contributed by atoms with Crippen LogP contribution in [0.2, 0.25) is 5.02 Å². The van der Waals surface area contributed by atoms with Gasteiger partial charge in [-0.05, 0) is 12.5 Å². The van der Waals surface area contributed by atoms with Gasteiger partial charge in [0.15, 0.2) is 0 Å². The Morgan fingerprint density at radius 2 is 2.22 bits per heavy atom. The highest BCUT2D eigenvalue weighted by Gasteiger charge is 2.32. The number of benzene rings is 1. The summed E-state index contributed by atoms with van der Waals surface area (Å²) in [6.45, 7) is 2.98. The Balaban J connectivity index is 2.07. The van der Waals surface area contributed by atoms with E-state index >= 15 is 0 Å². The third-order valence-electron chi connectivity index (χ3n) is 4.75. The Hall–Kier alpha value is -2.32. The van der Waals surface area contributed by atoms with Crippen molar-refractivity contribution in [1.82, 2.24) is 10.2 Å². The lowest BCUT2D eigenvalue weighted by Gasteiger charge is -2.37. The fourth-order valence-corrected chi connectivity index (χ4v) is 3.33. The molecule has 27 heavy (non-hydrogen) atoms. The van der Waals surface area contributed by atoms with Crippen LogP contribution in [0.4, 0.5) is 5.69 Å². The number of halogens is 1. The van der Waals surface area contributed by atoms with Gasteiger partial charge in [-0.15, -0.1) is 0 Å². The predicted octanol–water partition coefficient (Wildman–Crippen LogP) is 1.27. The number of hydrogen-bond acceptors (Lipinski definition) is 6. The number of aldehydes is 1. The first-order valence-corrected chi connectivity index (χ1v) is 8.99. The zero-order valence-electron chi connectivity index (χ0n) is 15.3. The second-order valence-corrected chi connectivity index (χ2v) is 7.15. The summed E-state index contributed by atoms with van der Waals surface area (Å²) in [5.74, 6) is -1.94. The number of carboxylic acid groups (broad SMARTS) is 1. The van der Waals surface area contributed by atoms with E-state index in [1.165, 1.54) is 19.2 Å². The Labute approximate surface area is 162 Å². The fraction of sp³-hybridized carbons (Fsp3) is 0.500. The molecule has 0 saturated carbocycles. The lowest BCUT2D eigenvalue weighted by molar-refractivity contribution is -0.141. The number of amides is 1. The molecule has 0 aliphatic carbocycles. The van der Waals surface area contributed by atoms with Crippen molar-refractivity contribution in [3.63, 3.8) is 0 Å². The molecule has 4 N–H and O–H groups in total. The predicted molar refractivity (Wildman–Crippen MR) is 101 cm³/mol. The molecule has 1 aromatic carbocycles. The molecule has 1 unspecified atom stereocenters. The van der Waals surface area contributed by atoms with Gasteiger partial charge in [0.05, 0.1) is 29.3 Å². The molecule has 2 rings (SSSR count). The summed E-state index contributed by atoms with van der Waals surface area (Å²) in [5.41, 5.74) is 6.27. The highest BCUT2D eigenvalue weighted by Crippen LogP contribution is 2.29. The normalized spacial score (nSPS) is 21.3. The summed E-state index contributed by atoms with van der Waals surface area (Å²) in [7, 11) is 1.43. The van der Waals surface area contributed by atoms with Gasteiger partial charge in [-0.2, -0.15) is 0 Å². The molecule has 1 aliphatic heterocycles. The van der Waals surface area contributed by atoms with E-state index in [0.717, 1.165) is 6.29 Å². The number of rotatable bonds is 7. The van der Waals surface area contributed by atoms with E-state index in [1.807, 2.05) is 4.90 Å². The highest BCUT2D eigenvalue weighted by atomic mass is 35.5. The van der Waals surface area contributed by atoms with Gasteiger partial charge < -0.3 is 30.6 Å². The zero-order valence-corrected chi connectivity index (χ0v) is 16.0. The first-order valence-electron chi connectivity index (χ1n) is 8.61. The number of likely N-dealkylation sites (tertiary alicyclic amines) is 1. The van der Waals surface area contributed by atoms with Crippen LogP contribution in [0.1, 0.15) is 23.7 Å².